The summed E-state index contributed by atoms with van der Waals surface area (Å²) in [6.07, 6.45) is -0.612. The Kier molecular flexibility index (Phi) is 3.90. The third kappa shape index (κ3) is 2.74. The van der Waals surface area contributed by atoms with Crippen LogP contribution in [-0.4, -0.2) is 11.8 Å². The van der Waals surface area contributed by atoms with E-state index in [1.54, 1.807) is 24.3 Å². The summed E-state index contributed by atoms with van der Waals surface area (Å²) in [5.41, 5.74) is 2.75. The second-order valence-electron chi connectivity index (χ2n) is 6.03. The van der Waals surface area contributed by atoms with Crippen molar-refractivity contribution in [1.82, 2.24) is 0 Å². The summed E-state index contributed by atoms with van der Waals surface area (Å²) in [5, 5.41) is 0. The zero-order valence-corrected chi connectivity index (χ0v) is 13.5. The molecule has 3 aromatic carbocycles. The molecule has 0 aromatic heterocycles. The predicted octanol–water partition coefficient (Wildman–Crippen LogP) is 4.56. The number of Topliss-reactive ketones (excluding diaryl/α,β-unsaturated/α-hetero) is 1. The standard InChI is InChI=1S/C22H16O3/c23-20(16-11-5-2-6-12-16)19(15-9-3-1-4-10-15)21-17-13-7-8-14-18(17)22(24)25-21/h1-14,19,21H/t19?,21-/m1/s1. The summed E-state index contributed by atoms with van der Waals surface area (Å²) < 4.78 is 5.63. The molecule has 0 amide bonds. The molecule has 3 nitrogen and oxygen atoms in total. The molecule has 0 saturated heterocycles. The molecule has 0 bridgehead atoms. The Labute approximate surface area is 145 Å². The number of cyclic esters (lactones) is 1. The first kappa shape index (κ1) is 15.3. The second kappa shape index (κ2) is 6.36. The Hall–Kier alpha value is -3.20. The van der Waals surface area contributed by atoms with E-state index in [4.69, 9.17) is 4.74 Å². The van der Waals surface area contributed by atoms with Crippen LogP contribution in [-0.2, 0) is 4.74 Å². The fraction of sp³-hybridized carbons (Fsp3) is 0.0909. The molecule has 0 N–H and O–H groups in total. The minimum Gasteiger partial charge on any atom is -0.453 e. The summed E-state index contributed by atoms with van der Waals surface area (Å²) >= 11 is 0. The molecule has 1 unspecified atom stereocenters. The molecule has 25 heavy (non-hydrogen) atoms. The van der Waals surface area contributed by atoms with Crippen molar-refractivity contribution in [1.29, 1.82) is 0 Å². The van der Waals surface area contributed by atoms with E-state index >= 15 is 0 Å². The number of fused-ring (bicyclic) bond motifs is 1. The van der Waals surface area contributed by atoms with Crippen molar-refractivity contribution in [3.05, 3.63) is 107 Å². The lowest BCUT2D eigenvalue weighted by Gasteiger charge is -2.23. The number of hydrogen-bond acceptors (Lipinski definition) is 3. The zero-order valence-electron chi connectivity index (χ0n) is 13.5. The third-order valence-corrected chi connectivity index (χ3v) is 4.52. The van der Waals surface area contributed by atoms with Crippen molar-refractivity contribution in [2.75, 3.05) is 0 Å². The Morgan fingerprint density at radius 3 is 2.12 bits per heavy atom. The minimum absolute atomic E-state index is 0.0543. The van der Waals surface area contributed by atoms with Gasteiger partial charge in [0.2, 0.25) is 0 Å². The molecule has 0 radical (unpaired) electrons. The third-order valence-electron chi connectivity index (χ3n) is 4.52. The van der Waals surface area contributed by atoms with Crippen LogP contribution in [0.1, 0.15) is 43.9 Å². The maximum absolute atomic E-state index is 13.3. The molecule has 0 spiro atoms. The fourth-order valence-electron chi connectivity index (χ4n) is 3.33. The quantitative estimate of drug-likeness (QED) is 0.521. The maximum Gasteiger partial charge on any atom is 0.339 e. The van der Waals surface area contributed by atoms with E-state index in [0.717, 1.165) is 11.1 Å². The molecule has 0 saturated carbocycles. The summed E-state index contributed by atoms with van der Waals surface area (Å²) in [4.78, 5) is 25.5. The summed E-state index contributed by atoms with van der Waals surface area (Å²) in [6, 6.07) is 25.9. The van der Waals surface area contributed by atoms with Gasteiger partial charge in [0, 0.05) is 11.1 Å². The van der Waals surface area contributed by atoms with Crippen LogP contribution in [0.25, 0.3) is 0 Å². The zero-order chi connectivity index (χ0) is 17.2. The Morgan fingerprint density at radius 1 is 0.800 bits per heavy atom. The average Bonchev–Trinajstić information content (AvgIpc) is 3.00. The molecule has 3 heteroatoms. The first-order valence-electron chi connectivity index (χ1n) is 8.20. The molecule has 0 fully saturated rings. The van der Waals surface area contributed by atoms with E-state index in [9.17, 15) is 9.59 Å². The second-order valence-corrected chi connectivity index (χ2v) is 6.03. The van der Waals surface area contributed by atoms with Gasteiger partial charge in [-0.1, -0.05) is 78.9 Å². The van der Waals surface area contributed by atoms with E-state index in [1.165, 1.54) is 0 Å². The van der Waals surface area contributed by atoms with Crippen LogP contribution < -0.4 is 0 Å². The smallest absolute Gasteiger partial charge is 0.339 e. The normalized spacial score (nSPS) is 16.8. The van der Waals surface area contributed by atoms with Gasteiger partial charge in [-0.25, -0.2) is 4.79 Å². The number of rotatable bonds is 4. The largest absolute Gasteiger partial charge is 0.453 e. The molecule has 4 rings (SSSR count). The summed E-state index contributed by atoms with van der Waals surface area (Å²) in [5.74, 6) is -1.00. The number of esters is 1. The highest BCUT2D eigenvalue weighted by atomic mass is 16.5. The first-order chi connectivity index (χ1) is 12.3. The number of hydrogen-bond donors (Lipinski definition) is 0. The SMILES string of the molecule is O=C1O[C@@H](C(C(=O)c2ccccc2)c2ccccc2)c2ccccc21. The van der Waals surface area contributed by atoms with Crippen LogP contribution >= 0.6 is 0 Å². The highest BCUT2D eigenvalue weighted by Gasteiger charge is 2.40. The van der Waals surface area contributed by atoms with Crippen LogP contribution in [0.15, 0.2) is 84.9 Å². The van der Waals surface area contributed by atoms with Gasteiger partial charge in [-0.3, -0.25) is 4.79 Å². The van der Waals surface area contributed by atoms with Crippen molar-refractivity contribution in [3.63, 3.8) is 0 Å². The van der Waals surface area contributed by atoms with Crippen molar-refractivity contribution in [2.45, 2.75) is 12.0 Å². The fourth-order valence-corrected chi connectivity index (χ4v) is 3.33. The van der Waals surface area contributed by atoms with Gasteiger partial charge in [0.15, 0.2) is 5.78 Å². The molecule has 1 aliphatic rings. The van der Waals surface area contributed by atoms with Crippen molar-refractivity contribution >= 4 is 11.8 Å². The molecular formula is C22H16O3. The van der Waals surface area contributed by atoms with Gasteiger partial charge in [-0.2, -0.15) is 0 Å². The van der Waals surface area contributed by atoms with Gasteiger partial charge in [0.25, 0.3) is 0 Å². The molecule has 0 aliphatic carbocycles. The lowest BCUT2D eigenvalue weighted by molar-refractivity contribution is 0.0322. The average molecular weight is 328 g/mol. The number of ketones is 1. The highest BCUT2D eigenvalue weighted by molar-refractivity contribution is 6.03. The van der Waals surface area contributed by atoms with Crippen molar-refractivity contribution < 1.29 is 14.3 Å². The minimum atomic E-state index is -0.612. The van der Waals surface area contributed by atoms with Crippen molar-refractivity contribution in [2.24, 2.45) is 0 Å². The lowest BCUT2D eigenvalue weighted by atomic mass is 9.83. The number of ether oxygens (including phenoxy) is 1. The number of carbonyl (C=O) groups is 2. The summed E-state index contributed by atoms with van der Waals surface area (Å²) in [7, 11) is 0. The maximum atomic E-state index is 13.3. The van der Waals surface area contributed by atoms with E-state index < -0.39 is 12.0 Å². The number of benzene rings is 3. The topological polar surface area (TPSA) is 43.4 Å². The van der Waals surface area contributed by atoms with Gasteiger partial charge in [0.05, 0.1) is 11.5 Å². The first-order valence-corrected chi connectivity index (χ1v) is 8.20. The number of carbonyl (C=O) groups excluding carboxylic acids is 2. The monoisotopic (exact) mass is 328 g/mol. The Morgan fingerprint density at radius 2 is 1.40 bits per heavy atom. The molecule has 3 aromatic rings. The van der Waals surface area contributed by atoms with Crippen LogP contribution in [0, 0.1) is 0 Å². The molecule has 2 atom stereocenters. The molecule has 1 heterocycles. The van der Waals surface area contributed by atoms with Crippen molar-refractivity contribution in [3.8, 4) is 0 Å². The molecule has 122 valence electrons. The van der Waals surface area contributed by atoms with Gasteiger partial charge in [-0.15, -0.1) is 0 Å². The molecule has 1 aliphatic heterocycles. The van der Waals surface area contributed by atoms with Gasteiger partial charge in [-0.05, 0) is 11.6 Å². The lowest BCUT2D eigenvalue weighted by Crippen LogP contribution is -2.21. The predicted molar refractivity (Wildman–Crippen MR) is 94.6 cm³/mol. The van der Waals surface area contributed by atoms with Crippen LogP contribution in [0.4, 0.5) is 0 Å². The van der Waals surface area contributed by atoms with E-state index in [-0.39, 0.29) is 11.8 Å². The van der Waals surface area contributed by atoms with Crippen LogP contribution in [0.3, 0.4) is 0 Å². The van der Waals surface area contributed by atoms with Crippen LogP contribution in [0.5, 0.6) is 0 Å². The van der Waals surface area contributed by atoms with Gasteiger partial charge >= 0.3 is 5.97 Å². The Balaban J connectivity index is 1.83. The van der Waals surface area contributed by atoms with E-state index in [1.807, 2.05) is 60.7 Å². The van der Waals surface area contributed by atoms with E-state index in [2.05, 4.69) is 0 Å². The van der Waals surface area contributed by atoms with Crippen LogP contribution in [0.2, 0.25) is 0 Å². The van der Waals surface area contributed by atoms with E-state index in [0.29, 0.717) is 11.1 Å². The Bertz CT molecular complexity index is 916. The highest BCUT2D eigenvalue weighted by Crippen LogP contribution is 2.42. The van der Waals surface area contributed by atoms with Gasteiger partial charge < -0.3 is 4.74 Å². The molecular weight excluding hydrogens is 312 g/mol. The summed E-state index contributed by atoms with van der Waals surface area (Å²) in [6.45, 7) is 0. The van der Waals surface area contributed by atoms with Gasteiger partial charge in [0.1, 0.15) is 6.10 Å².